The first kappa shape index (κ1) is 21.7. The third-order valence-corrected chi connectivity index (χ3v) is 6.15. The molecule has 1 aliphatic heterocycles. The predicted molar refractivity (Wildman–Crippen MR) is 117 cm³/mol. The number of ether oxygens (including phenoxy) is 1. The van der Waals surface area contributed by atoms with Crippen LogP contribution in [0, 0.1) is 25.2 Å². The fourth-order valence-electron chi connectivity index (χ4n) is 3.33. The van der Waals surface area contributed by atoms with Gasteiger partial charge in [0.1, 0.15) is 22.4 Å². The Morgan fingerprint density at radius 2 is 2.03 bits per heavy atom. The van der Waals surface area contributed by atoms with Crippen LogP contribution in [0.5, 0.6) is 0 Å². The van der Waals surface area contributed by atoms with Crippen LogP contribution < -0.4 is 10.2 Å². The smallest absolute Gasteiger partial charge is 0.341 e. The lowest BCUT2D eigenvalue weighted by molar-refractivity contribution is -0.112. The number of thiophene rings is 1. The summed E-state index contributed by atoms with van der Waals surface area (Å²) in [4.78, 5) is 28.1. The number of piperidine rings is 1. The zero-order valence-corrected chi connectivity index (χ0v) is 18.2. The van der Waals surface area contributed by atoms with Crippen LogP contribution in [0.3, 0.4) is 0 Å². The summed E-state index contributed by atoms with van der Waals surface area (Å²) >= 11 is 1.28. The molecule has 1 fully saturated rings. The van der Waals surface area contributed by atoms with Gasteiger partial charge in [-0.2, -0.15) is 5.26 Å². The van der Waals surface area contributed by atoms with Crippen LogP contribution in [-0.2, 0) is 9.53 Å². The Kier molecular flexibility index (Phi) is 6.95. The molecular weight excluding hydrogens is 402 g/mol. The van der Waals surface area contributed by atoms with Crippen molar-refractivity contribution in [3.63, 3.8) is 0 Å². The summed E-state index contributed by atoms with van der Waals surface area (Å²) in [5, 5.41) is 12.6. The molecule has 3 rings (SSSR count). The number of rotatable bonds is 6. The van der Waals surface area contributed by atoms with E-state index in [4.69, 9.17) is 9.15 Å². The molecule has 8 heteroatoms. The minimum atomic E-state index is -0.597. The summed E-state index contributed by atoms with van der Waals surface area (Å²) in [6.07, 6.45) is 4.89. The van der Waals surface area contributed by atoms with Crippen LogP contribution in [0.15, 0.2) is 22.1 Å². The minimum Gasteiger partial charge on any atom is -0.462 e. The number of carbonyl (C=O) groups is 2. The van der Waals surface area contributed by atoms with Crippen molar-refractivity contribution in [3.8, 4) is 6.07 Å². The molecule has 0 saturated carbocycles. The maximum absolute atomic E-state index is 12.7. The Labute approximate surface area is 179 Å². The highest BCUT2D eigenvalue weighted by Crippen LogP contribution is 2.33. The minimum absolute atomic E-state index is 0.104. The number of amides is 1. The molecule has 0 aromatic carbocycles. The van der Waals surface area contributed by atoms with Gasteiger partial charge in [-0.1, -0.05) is 0 Å². The highest BCUT2D eigenvalue weighted by atomic mass is 32.1. The number of nitriles is 1. The molecule has 0 spiro atoms. The first-order chi connectivity index (χ1) is 14.4. The molecule has 1 amide bonds. The summed E-state index contributed by atoms with van der Waals surface area (Å²) in [6.45, 7) is 7.51. The average molecular weight is 428 g/mol. The highest BCUT2D eigenvalue weighted by molar-refractivity contribution is 7.16. The third-order valence-electron chi connectivity index (χ3n) is 5.02. The number of nitrogens with one attached hydrogen (secondary N) is 1. The number of hydrogen-bond donors (Lipinski definition) is 1. The van der Waals surface area contributed by atoms with Crippen LogP contribution in [-0.4, -0.2) is 31.6 Å². The Morgan fingerprint density at radius 1 is 1.30 bits per heavy atom. The topological polar surface area (TPSA) is 95.6 Å². The molecular formula is C22H25N3O4S. The summed E-state index contributed by atoms with van der Waals surface area (Å²) < 4.78 is 10.9. The molecule has 30 heavy (non-hydrogen) atoms. The van der Waals surface area contributed by atoms with E-state index in [1.807, 2.05) is 19.1 Å². The van der Waals surface area contributed by atoms with Crippen LogP contribution in [0.25, 0.3) is 6.08 Å². The quantitative estimate of drug-likeness (QED) is 0.409. The van der Waals surface area contributed by atoms with Gasteiger partial charge in [0.2, 0.25) is 0 Å². The van der Waals surface area contributed by atoms with Crippen molar-refractivity contribution in [2.75, 3.05) is 29.9 Å². The summed E-state index contributed by atoms with van der Waals surface area (Å²) in [7, 11) is 0. The van der Waals surface area contributed by atoms with Crippen molar-refractivity contribution in [1.29, 1.82) is 5.26 Å². The van der Waals surface area contributed by atoms with Crippen molar-refractivity contribution in [2.45, 2.75) is 40.0 Å². The molecule has 0 aliphatic carbocycles. The standard InChI is InChI=1S/C22H25N3O4S/c1-4-28-22(27)19-14(2)15(3)30-21(19)24-20(26)16(13-23)12-17-8-9-18(29-17)25-10-6-5-7-11-25/h8-9,12H,4-7,10-11H2,1-3H3,(H,24,26)/b16-12+. The lowest BCUT2D eigenvalue weighted by Gasteiger charge is -2.25. The van der Waals surface area contributed by atoms with E-state index < -0.39 is 11.9 Å². The fourth-order valence-corrected chi connectivity index (χ4v) is 4.37. The molecule has 1 saturated heterocycles. The Morgan fingerprint density at radius 3 is 2.70 bits per heavy atom. The van der Waals surface area contributed by atoms with Crippen LogP contribution >= 0.6 is 11.3 Å². The molecule has 0 bridgehead atoms. The molecule has 3 heterocycles. The number of hydrogen-bond acceptors (Lipinski definition) is 7. The van der Waals surface area contributed by atoms with Crippen LogP contribution in [0.4, 0.5) is 10.9 Å². The van der Waals surface area contributed by atoms with Crippen molar-refractivity contribution in [1.82, 2.24) is 0 Å². The van der Waals surface area contributed by atoms with E-state index in [2.05, 4.69) is 10.2 Å². The van der Waals surface area contributed by atoms with Gasteiger partial charge < -0.3 is 19.4 Å². The Bertz CT molecular complexity index is 1010. The van der Waals surface area contributed by atoms with Gasteiger partial charge in [-0.25, -0.2) is 4.79 Å². The maximum Gasteiger partial charge on any atom is 0.341 e. The second kappa shape index (κ2) is 9.63. The van der Waals surface area contributed by atoms with Gasteiger partial charge in [-0.05, 0) is 51.7 Å². The first-order valence-electron chi connectivity index (χ1n) is 9.99. The summed E-state index contributed by atoms with van der Waals surface area (Å²) in [6, 6.07) is 5.52. The maximum atomic E-state index is 12.7. The SMILES string of the molecule is CCOC(=O)c1c(NC(=O)/C(C#N)=C/c2ccc(N3CCCCC3)o2)sc(C)c1C. The van der Waals surface area contributed by atoms with E-state index in [1.54, 1.807) is 19.9 Å². The van der Waals surface area contributed by atoms with Gasteiger partial charge in [0.15, 0.2) is 5.88 Å². The van der Waals surface area contributed by atoms with E-state index >= 15 is 0 Å². The highest BCUT2D eigenvalue weighted by Gasteiger charge is 2.23. The molecule has 1 aliphatic rings. The largest absolute Gasteiger partial charge is 0.462 e. The molecule has 1 N–H and O–H groups in total. The van der Waals surface area contributed by atoms with Gasteiger partial charge in [0, 0.05) is 30.1 Å². The van der Waals surface area contributed by atoms with Crippen LogP contribution in [0.2, 0.25) is 0 Å². The zero-order chi connectivity index (χ0) is 21.7. The van der Waals surface area contributed by atoms with Crippen molar-refractivity contribution in [3.05, 3.63) is 39.5 Å². The van der Waals surface area contributed by atoms with Crippen LogP contribution in [0.1, 0.15) is 52.7 Å². The third kappa shape index (κ3) is 4.74. The van der Waals surface area contributed by atoms with Crippen molar-refractivity contribution < 1.29 is 18.7 Å². The van der Waals surface area contributed by atoms with Crippen molar-refractivity contribution >= 4 is 40.2 Å². The van der Waals surface area contributed by atoms with Gasteiger partial charge in [-0.15, -0.1) is 11.3 Å². The molecule has 2 aromatic rings. The second-order valence-corrected chi connectivity index (χ2v) is 8.28. The van der Waals surface area contributed by atoms with Crippen molar-refractivity contribution in [2.24, 2.45) is 0 Å². The van der Waals surface area contributed by atoms with E-state index in [9.17, 15) is 14.9 Å². The monoisotopic (exact) mass is 427 g/mol. The number of anilines is 2. The summed E-state index contributed by atoms with van der Waals surface area (Å²) in [5.41, 5.74) is 0.983. The van der Waals surface area contributed by atoms with E-state index in [0.29, 0.717) is 16.3 Å². The lowest BCUT2D eigenvalue weighted by atomic mass is 10.1. The Balaban J connectivity index is 1.79. The number of carbonyl (C=O) groups excluding carboxylic acids is 2. The normalized spacial score (nSPS) is 14.3. The zero-order valence-electron chi connectivity index (χ0n) is 17.4. The average Bonchev–Trinajstić information content (AvgIpc) is 3.31. The molecule has 0 radical (unpaired) electrons. The second-order valence-electron chi connectivity index (χ2n) is 7.06. The molecule has 7 nitrogen and oxygen atoms in total. The molecule has 0 atom stereocenters. The number of nitrogens with zero attached hydrogens (tertiary/aromatic N) is 2. The number of esters is 1. The lowest BCUT2D eigenvalue weighted by Crippen LogP contribution is -2.28. The van der Waals surface area contributed by atoms with Gasteiger partial charge in [0.05, 0.1) is 12.2 Å². The molecule has 0 unspecified atom stereocenters. The predicted octanol–water partition coefficient (Wildman–Crippen LogP) is 4.67. The van der Waals surface area contributed by atoms with E-state index in [0.717, 1.165) is 42.3 Å². The number of aryl methyl sites for hydroxylation is 1. The van der Waals surface area contributed by atoms with Gasteiger partial charge in [0.25, 0.3) is 5.91 Å². The molecule has 158 valence electrons. The number of furan rings is 1. The van der Waals surface area contributed by atoms with Gasteiger partial charge >= 0.3 is 5.97 Å². The Hall–Kier alpha value is -3.05. The van der Waals surface area contributed by atoms with Gasteiger partial charge in [-0.3, -0.25) is 4.79 Å². The van der Waals surface area contributed by atoms with E-state index in [1.165, 1.54) is 23.8 Å². The first-order valence-corrected chi connectivity index (χ1v) is 10.8. The molecule has 2 aromatic heterocycles. The fraction of sp³-hybridized carbons (Fsp3) is 0.409. The van der Waals surface area contributed by atoms with E-state index in [-0.39, 0.29) is 12.2 Å². The summed E-state index contributed by atoms with van der Waals surface area (Å²) in [5.74, 6) is 0.0914.